The zero-order valence-electron chi connectivity index (χ0n) is 9.84. The highest BCUT2D eigenvalue weighted by atomic mass is 16.1. The number of hydrogen-bond donors (Lipinski definition) is 2. The van der Waals surface area contributed by atoms with E-state index < -0.39 is 0 Å². The van der Waals surface area contributed by atoms with Crippen LogP contribution in [0.5, 0.6) is 0 Å². The van der Waals surface area contributed by atoms with Gasteiger partial charge in [-0.1, -0.05) is 17.7 Å². The Labute approximate surface area is 96.2 Å². The minimum absolute atomic E-state index is 0.126. The van der Waals surface area contributed by atoms with Gasteiger partial charge in [-0.05, 0) is 38.4 Å². The van der Waals surface area contributed by atoms with E-state index in [4.69, 9.17) is 0 Å². The van der Waals surface area contributed by atoms with Crippen LogP contribution in [0.4, 0.5) is 5.69 Å². The largest absolute Gasteiger partial charge is 0.326 e. The lowest BCUT2D eigenvalue weighted by Gasteiger charge is -2.12. The minimum atomic E-state index is 0.126. The predicted octanol–water partition coefficient (Wildman–Crippen LogP) is 1.85. The maximum Gasteiger partial charge on any atom is 0.228 e. The summed E-state index contributed by atoms with van der Waals surface area (Å²) in [7, 11) is 0. The summed E-state index contributed by atoms with van der Waals surface area (Å²) in [5.74, 6) is 0.262. The van der Waals surface area contributed by atoms with Crippen molar-refractivity contribution in [3.63, 3.8) is 0 Å². The van der Waals surface area contributed by atoms with Gasteiger partial charge in [0.25, 0.3) is 0 Å². The third-order valence-corrected chi connectivity index (χ3v) is 3.07. The Morgan fingerprint density at radius 3 is 2.88 bits per heavy atom. The molecule has 1 amide bonds. The standard InChI is InChI=1S/C13H18N2O/c1-9-3-4-12(10(2)7-9)15-13(16)11-5-6-14-8-11/h3-4,7,11,14H,5-6,8H2,1-2H3,(H,15,16). The third kappa shape index (κ3) is 2.42. The lowest BCUT2D eigenvalue weighted by Crippen LogP contribution is -2.24. The second-order valence-corrected chi connectivity index (χ2v) is 4.50. The second kappa shape index (κ2) is 4.66. The molecule has 1 atom stereocenters. The van der Waals surface area contributed by atoms with Crippen molar-refractivity contribution < 1.29 is 4.79 Å². The molecular weight excluding hydrogens is 200 g/mol. The Morgan fingerprint density at radius 1 is 1.44 bits per heavy atom. The van der Waals surface area contributed by atoms with Crippen molar-refractivity contribution in [1.29, 1.82) is 0 Å². The van der Waals surface area contributed by atoms with Gasteiger partial charge in [0.2, 0.25) is 5.91 Å². The molecule has 1 aromatic rings. The first kappa shape index (κ1) is 11.1. The Morgan fingerprint density at radius 2 is 2.25 bits per heavy atom. The van der Waals surface area contributed by atoms with Crippen molar-refractivity contribution in [3.05, 3.63) is 29.3 Å². The Kier molecular flexibility index (Phi) is 3.25. The van der Waals surface area contributed by atoms with Crippen LogP contribution >= 0.6 is 0 Å². The van der Waals surface area contributed by atoms with E-state index in [9.17, 15) is 4.79 Å². The van der Waals surface area contributed by atoms with Gasteiger partial charge in [-0.15, -0.1) is 0 Å². The number of hydrogen-bond acceptors (Lipinski definition) is 2. The minimum Gasteiger partial charge on any atom is -0.326 e. The summed E-state index contributed by atoms with van der Waals surface area (Å²) < 4.78 is 0. The molecular formula is C13H18N2O. The fourth-order valence-corrected chi connectivity index (χ4v) is 2.07. The smallest absolute Gasteiger partial charge is 0.228 e. The van der Waals surface area contributed by atoms with Crippen LogP contribution in [0.3, 0.4) is 0 Å². The summed E-state index contributed by atoms with van der Waals surface area (Å²) in [5, 5.41) is 6.20. The highest BCUT2D eigenvalue weighted by molar-refractivity contribution is 5.93. The summed E-state index contributed by atoms with van der Waals surface area (Å²) in [6, 6.07) is 6.09. The van der Waals surface area contributed by atoms with Crippen molar-refractivity contribution >= 4 is 11.6 Å². The zero-order valence-corrected chi connectivity index (χ0v) is 9.84. The normalized spacial score (nSPS) is 19.8. The molecule has 16 heavy (non-hydrogen) atoms. The predicted molar refractivity (Wildman–Crippen MR) is 65.5 cm³/mol. The average molecular weight is 218 g/mol. The number of carbonyl (C=O) groups is 1. The molecule has 1 aliphatic rings. The molecule has 1 aromatic carbocycles. The zero-order chi connectivity index (χ0) is 11.5. The number of benzene rings is 1. The lowest BCUT2D eigenvalue weighted by molar-refractivity contribution is -0.119. The number of rotatable bonds is 2. The summed E-state index contributed by atoms with van der Waals surface area (Å²) in [6.07, 6.45) is 0.941. The van der Waals surface area contributed by atoms with E-state index in [-0.39, 0.29) is 11.8 Å². The fourth-order valence-electron chi connectivity index (χ4n) is 2.07. The van der Waals surface area contributed by atoms with E-state index in [0.717, 1.165) is 30.8 Å². The van der Waals surface area contributed by atoms with Gasteiger partial charge in [-0.25, -0.2) is 0 Å². The van der Waals surface area contributed by atoms with Gasteiger partial charge >= 0.3 is 0 Å². The topological polar surface area (TPSA) is 41.1 Å². The number of anilines is 1. The van der Waals surface area contributed by atoms with Crippen molar-refractivity contribution in [1.82, 2.24) is 5.32 Å². The van der Waals surface area contributed by atoms with Crippen molar-refractivity contribution in [2.24, 2.45) is 5.92 Å². The fraction of sp³-hybridized carbons (Fsp3) is 0.462. The van der Waals surface area contributed by atoms with Crippen LogP contribution in [-0.4, -0.2) is 19.0 Å². The molecule has 3 nitrogen and oxygen atoms in total. The van der Waals surface area contributed by atoms with Crippen molar-refractivity contribution in [3.8, 4) is 0 Å². The van der Waals surface area contributed by atoms with Crippen LogP contribution in [0.1, 0.15) is 17.5 Å². The van der Waals surface area contributed by atoms with Crippen LogP contribution in [0.25, 0.3) is 0 Å². The highest BCUT2D eigenvalue weighted by Crippen LogP contribution is 2.18. The van der Waals surface area contributed by atoms with Gasteiger partial charge in [0, 0.05) is 12.2 Å². The van der Waals surface area contributed by atoms with Crippen LogP contribution in [0, 0.1) is 19.8 Å². The second-order valence-electron chi connectivity index (χ2n) is 4.50. The molecule has 0 aliphatic carbocycles. The molecule has 1 fully saturated rings. The van der Waals surface area contributed by atoms with Gasteiger partial charge in [-0.3, -0.25) is 4.79 Å². The lowest BCUT2D eigenvalue weighted by atomic mass is 10.1. The third-order valence-electron chi connectivity index (χ3n) is 3.07. The summed E-state index contributed by atoms with van der Waals surface area (Å²) in [5.41, 5.74) is 3.28. The molecule has 2 N–H and O–H groups in total. The molecule has 0 saturated carbocycles. The maximum atomic E-state index is 11.9. The van der Waals surface area contributed by atoms with E-state index >= 15 is 0 Å². The molecule has 0 radical (unpaired) electrons. The summed E-state index contributed by atoms with van der Waals surface area (Å²) in [4.78, 5) is 11.9. The SMILES string of the molecule is Cc1ccc(NC(=O)C2CCNC2)c(C)c1. The maximum absolute atomic E-state index is 11.9. The molecule has 0 bridgehead atoms. The molecule has 1 heterocycles. The Hall–Kier alpha value is -1.35. The van der Waals surface area contributed by atoms with Crippen LogP contribution < -0.4 is 10.6 Å². The van der Waals surface area contributed by atoms with Crippen LogP contribution in [-0.2, 0) is 4.79 Å². The van der Waals surface area contributed by atoms with Crippen molar-refractivity contribution in [2.45, 2.75) is 20.3 Å². The molecule has 2 rings (SSSR count). The van der Waals surface area contributed by atoms with Gasteiger partial charge in [0.1, 0.15) is 0 Å². The van der Waals surface area contributed by atoms with Crippen LogP contribution in [0.2, 0.25) is 0 Å². The Balaban J connectivity index is 2.05. The molecule has 1 unspecified atom stereocenters. The van der Waals surface area contributed by atoms with E-state index in [1.807, 2.05) is 19.1 Å². The number of amides is 1. The summed E-state index contributed by atoms with van der Waals surface area (Å²) in [6.45, 7) is 5.83. The number of carbonyl (C=O) groups excluding carboxylic acids is 1. The van der Waals surface area contributed by atoms with Gasteiger partial charge in [0.15, 0.2) is 0 Å². The van der Waals surface area contributed by atoms with E-state index in [0.29, 0.717) is 0 Å². The molecule has 0 spiro atoms. The number of nitrogens with one attached hydrogen (secondary N) is 2. The van der Waals surface area contributed by atoms with E-state index in [1.165, 1.54) is 5.56 Å². The molecule has 3 heteroatoms. The van der Waals surface area contributed by atoms with Crippen LogP contribution in [0.15, 0.2) is 18.2 Å². The molecule has 1 saturated heterocycles. The highest BCUT2D eigenvalue weighted by Gasteiger charge is 2.22. The first-order chi connectivity index (χ1) is 7.66. The monoisotopic (exact) mass is 218 g/mol. The van der Waals surface area contributed by atoms with E-state index in [1.54, 1.807) is 0 Å². The van der Waals surface area contributed by atoms with Gasteiger partial charge in [-0.2, -0.15) is 0 Å². The molecule has 86 valence electrons. The quantitative estimate of drug-likeness (QED) is 0.795. The molecule has 0 aromatic heterocycles. The van der Waals surface area contributed by atoms with Crippen molar-refractivity contribution in [2.75, 3.05) is 18.4 Å². The first-order valence-corrected chi connectivity index (χ1v) is 5.75. The number of aryl methyl sites for hydroxylation is 2. The first-order valence-electron chi connectivity index (χ1n) is 5.75. The molecule has 1 aliphatic heterocycles. The summed E-state index contributed by atoms with van der Waals surface area (Å²) >= 11 is 0. The Bertz CT molecular complexity index is 395. The van der Waals surface area contributed by atoms with E-state index in [2.05, 4.69) is 23.6 Å². The van der Waals surface area contributed by atoms with Gasteiger partial charge in [0.05, 0.1) is 5.92 Å². The van der Waals surface area contributed by atoms with Gasteiger partial charge < -0.3 is 10.6 Å². The average Bonchev–Trinajstić information content (AvgIpc) is 2.75.